The summed E-state index contributed by atoms with van der Waals surface area (Å²) >= 11 is 3.41. The van der Waals surface area contributed by atoms with E-state index in [4.69, 9.17) is 0 Å². The molecule has 128 valence electrons. The highest BCUT2D eigenvalue weighted by Crippen LogP contribution is 2.25. The van der Waals surface area contributed by atoms with Crippen molar-refractivity contribution in [1.29, 1.82) is 0 Å². The first-order chi connectivity index (χ1) is 11.9. The minimum absolute atomic E-state index is 0.0773. The number of nitrogens with zero attached hydrogens (tertiary/aromatic N) is 2. The maximum atomic E-state index is 13.7. The van der Waals surface area contributed by atoms with Gasteiger partial charge in [-0.25, -0.2) is 4.39 Å². The molecule has 8 heteroatoms. The van der Waals surface area contributed by atoms with Crippen LogP contribution in [0.2, 0.25) is 0 Å². The molecule has 1 heterocycles. The van der Waals surface area contributed by atoms with E-state index in [-0.39, 0.29) is 17.3 Å². The standard InChI is InChI=1S/C17H15BrFN5O/c1-9-3-6-14(12(18)7-9)21-17(25)15-16(23-24-22-15)20-11-5-4-10(2)13(19)8-11/h3-8H,1-2H3,(H,21,25)(H2,20,22,23,24). The van der Waals surface area contributed by atoms with Gasteiger partial charge < -0.3 is 10.6 Å². The lowest BCUT2D eigenvalue weighted by Gasteiger charge is -2.08. The number of aryl methyl sites for hydroxylation is 2. The summed E-state index contributed by atoms with van der Waals surface area (Å²) in [5.74, 6) is -0.569. The summed E-state index contributed by atoms with van der Waals surface area (Å²) in [6, 6.07) is 10.2. The third-order valence-electron chi connectivity index (χ3n) is 3.57. The van der Waals surface area contributed by atoms with Crippen LogP contribution in [-0.4, -0.2) is 21.3 Å². The Bertz CT molecular complexity index is 941. The van der Waals surface area contributed by atoms with Crippen molar-refractivity contribution in [3.8, 4) is 0 Å². The van der Waals surface area contributed by atoms with Gasteiger partial charge in [0.25, 0.3) is 5.91 Å². The summed E-state index contributed by atoms with van der Waals surface area (Å²) in [5, 5.41) is 15.9. The van der Waals surface area contributed by atoms with Gasteiger partial charge in [-0.1, -0.05) is 12.1 Å². The van der Waals surface area contributed by atoms with Crippen molar-refractivity contribution in [3.63, 3.8) is 0 Å². The minimum Gasteiger partial charge on any atom is -0.337 e. The number of rotatable bonds is 4. The number of nitrogens with one attached hydrogen (secondary N) is 3. The smallest absolute Gasteiger partial charge is 0.280 e. The van der Waals surface area contributed by atoms with Gasteiger partial charge in [0.1, 0.15) is 5.82 Å². The lowest BCUT2D eigenvalue weighted by Crippen LogP contribution is -2.14. The molecule has 0 aliphatic heterocycles. The number of halogens is 2. The first-order valence-electron chi connectivity index (χ1n) is 7.45. The largest absolute Gasteiger partial charge is 0.337 e. The molecule has 0 unspecified atom stereocenters. The summed E-state index contributed by atoms with van der Waals surface area (Å²) in [6.07, 6.45) is 0. The molecule has 0 radical (unpaired) electrons. The summed E-state index contributed by atoms with van der Waals surface area (Å²) in [7, 11) is 0. The van der Waals surface area contributed by atoms with E-state index >= 15 is 0 Å². The Hall–Kier alpha value is -2.74. The van der Waals surface area contributed by atoms with E-state index < -0.39 is 5.91 Å². The molecule has 25 heavy (non-hydrogen) atoms. The third-order valence-corrected chi connectivity index (χ3v) is 4.23. The van der Waals surface area contributed by atoms with Gasteiger partial charge in [0.2, 0.25) is 0 Å². The molecule has 1 aromatic heterocycles. The van der Waals surface area contributed by atoms with E-state index in [1.54, 1.807) is 25.1 Å². The zero-order valence-corrected chi connectivity index (χ0v) is 15.1. The fraction of sp³-hybridized carbons (Fsp3) is 0.118. The molecule has 0 saturated heterocycles. The molecule has 2 aromatic carbocycles. The van der Waals surface area contributed by atoms with Gasteiger partial charge in [-0.2, -0.15) is 5.21 Å². The van der Waals surface area contributed by atoms with Crippen LogP contribution in [0.4, 0.5) is 21.6 Å². The second-order valence-corrected chi connectivity index (χ2v) is 6.40. The molecule has 0 spiro atoms. The molecule has 3 rings (SSSR count). The molecule has 0 fully saturated rings. The molecule has 0 aliphatic rings. The van der Waals surface area contributed by atoms with Crippen LogP contribution in [0.1, 0.15) is 21.6 Å². The molecule has 0 bridgehead atoms. The number of amides is 1. The quantitative estimate of drug-likeness (QED) is 0.605. The van der Waals surface area contributed by atoms with Gasteiger partial charge in [0, 0.05) is 10.2 Å². The molecular formula is C17H15BrFN5O. The van der Waals surface area contributed by atoms with Crippen molar-refractivity contribution < 1.29 is 9.18 Å². The fourth-order valence-electron chi connectivity index (χ4n) is 2.19. The molecule has 0 saturated carbocycles. The van der Waals surface area contributed by atoms with Crippen LogP contribution in [0.15, 0.2) is 40.9 Å². The van der Waals surface area contributed by atoms with Crippen LogP contribution in [0, 0.1) is 19.7 Å². The van der Waals surface area contributed by atoms with Crippen molar-refractivity contribution in [2.24, 2.45) is 0 Å². The maximum absolute atomic E-state index is 13.7. The summed E-state index contributed by atoms with van der Waals surface area (Å²) in [6.45, 7) is 3.63. The average Bonchev–Trinajstić information content (AvgIpc) is 3.02. The first-order valence-corrected chi connectivity index (χ1v) is 8.25. The summed E-state index contributed by atoms with van der Waals surface area (Å²) < 4.78 is 14.4. The number of hydrogen-bond donors (Lipinski definition) is 3. The zero-order valence-electron chi connectivity index (χ0n) is 13.5. The average molecular weight is 404 g/mol. The number of hydrogen-bond acceptors (Lipinski definition) is 4. The Kier molecular flexibility index (Phi) is 4.80. The van der Waals surface area contributed by atoms with Crippen LogP contribution in [-0.2, 0) is 0 Å². The first kappa shape index (κ1) is 17.1. The lowest BCUT2D eigenvalue weighted by molar-refractivity contribution is 0.102. The molecule has 6 nitrogen and oxygen atoms in total. The van der Waals surface area contributed by atoms with E-state index in [2.05, 4.69) is 42.0 Å². The molecule has 0 atom stereocenters. The van der Waals surface area contributed by atoms with Crippen LogP contribution in [0.25, 0.3) is 0 Å². The highest BCUT2D eigenvalue weighted by molar-refractivity contribution is 9.10. The topological polar surface area (TPSA) is 82.7 Å². The van der Waals surface area contributed by atoms with Crippen molar-refractivity contribution in [1.82, 2.24) is 15.4 Å². The number of benzene rings is 2. The van der Waals surface area contributed by atoms with Gasteiger partial charge in [0.05, 0.1) is 5.69 Å². The van der Waals surface area contributed by atoms with Crippen LogP contribution >= 0.6 is 15.9 Å². The second-order valence-electron chi connectivity index (χ2n) is 5.55. The van der Waals surface area contributed by atoms with Crippen molar-refractivity contribution >= 4 is 39.0 Å². The van der Waals surface area contributed by atoms with Crippen LogP contribution < -0.4 is 10.6 Å². The van der Waals surface area contributed by atoms with Gasteiger partial charge in [-0.05, 0) is 65.2 Å². The second kappa shape index (κ2) is 7.02. The number of carbonyl (C=O) groups excluding carboxylic acids is 1. The normalized spacial score (nSPS) is 10.6. The maximum Gasteiger partial charge on any atom is 0.280 e. The molecule has 1 amide bonds. The monoisotopic (exact) mass is 403 g/mol. The molecule has 3 N–H and O–H groups in total. The van der Waals surface area contributed by atoms with Crippen LogP contribution in [0.3, 0.4) is 0 Å². The minimum atomic E-state index is -0.437. The fourth-order valence-corrected chi connectivity index (χ4v) is 2.78. The number of H-pyrrole nitrogens is 1. The number of aromatic nitrogens is 3. The number of aromatic amines is 1. The van der Waals surface area contributed by atoms with E-state index in [1.807, 2.05) is 19.1 Å². The molecule has 0 aliphatic carbocycles. The predicted molar refractivity (Wildman–Crippen MR) is 97.6 cm³/mol. The van der Waals surface area contributed by atoms with E-state index in [0.717, 1.165) is 10.0 Å². The Morgan fingerprint density at radius 1 is 1.16 bits per heavy atom. The zero-order chi connectivity index (χ0) is 18.0. The molecular weight excluding hydrogens is 389 g/mol. The SMILES string of the molecule is Cc1ccc(NC(=O)c2n[nH]nc2Nc2ccc(C)c(F)c2)c(Br)c1. The van der Waals surface area contributed by atoms with E-state index in [1.165, 1.54) is 6.07 Å². The Morgan fingerprint density at radius 2 is 1.96 bits per heavy atom. The van der Waals surface area contributed by atoms with Gasteiger partial charge >= 0.3 is 0 Å². The number of anilines is 3. The van der Waals surface area contributed by atoms with E-state index in [0.29, 0.717) is 16.9 Å². The van der Waals surface area contributed by atoms with Crippen molar-refractivity contribution in [2.45, 2.75) is 13.8 Å². The predicted octanol–water partition coefficient (Wildman–Crippen LogP) is 4.32. The summed E-state index contributed by atoms with van der Waals surface area (Å²) in [5.41, 5.74) is 2.77. The number of carbonyl (C=O) groups is 1. The third kappa shape index (κ3) is 3.85. The highest BCUT2D eigenvalue weighted by Gasteiger charge is 2.18. The lowest BCUT2D eigenvalue weighted by atomic mass is 10.2. The van der Waals surface area contributed by atoms with Crippen molar-refractivity contribution in [3.05, 3.63) is 63.5 Å². The Balaban J connectivity index is 1.80. The molecule has 3 aromatic rings. The van der Waals surface area contributed by atoms with Gasteiger partial charge in [-0.15, -0.1) is 10.2 Å². The summed E-state index contributed by atoms with van der Waals surface area (Å²) in [4.78, 5) is 12.5. The Morgan fingerprint density at radius 3 is 2.68 bits per heavy atom. The van der Waals surface area contributed by atoms with Crippen LogP contribution in [0.5, 0.6) is 0 Å². The van der Waals surface area contributed by atoms with E-state index in [9.17, 15) is 9.18 Å². The van der Waals surface area contributed by atoms with Gasteiger partial charge in [-0.3, -0.25) is 4.79 Å². The van der Waals surface area contributed by atoms with Crippen molar-refractivity contribution in [2.75, 3.05) is 10.6 Å². The van der Waals surface area contributed by atoms with Gasteiger partial charge in [0.15, 0.2) is 11.5 Å². The Labute approximate surface area is 152 Å². The highest BCUT2D eigenvalue weighted by atomic mass is 79.9.